The number of thioether (sulfide) groups is 1. The lowest BCUT2D eigenvalue weighted by Gasteiger charge is -2.42. The Hall–Kier alpha value is -2.72. The Kier molecular flexibility index (Phi) is 7.88. The molecule has 1 saturated carbocycles. The minimum atomic E-state index is -2.51. The van der Waals surface area contributed by atoms with Crippen molar-refractivity contribution in [2.24, 2.45) is 11.8 Å². The van der Waals surface area contributed by atoms with Gasteiger partial charge in [0.2, 0.25) is 0 Å². The van der Waals surface area contributed by atoms with Crippen LogP contribution in [0, 0.1) is 25.7 Å². The van der Waals surface area contributed by atoms with Crippen LogP contribution in [0.2, 0.25) is 0 Å². The zero-order valence-corrected chi connectivity index (χ0v) is 23.8. The Bertz CT molecular complexity index is 1420. The molecule has 0 radical (unpaired) electrons. The number of nitrogens with zero attached hydrogens (tertiary/aromatic N) is 3. The third-order valence-electron chi connectivity index (χ3n) is 8.52. The molecule has 2 aliphatic rings. The van der Waals surface area contributed by atoms with Crippen LogP contribution in [0.5, 0.6) is 0 Å². The lowest BCUT2D eigenvalue weighted by atomic mass is 9.78. The van der Waals surface area contributed by atoms with Gasteiger partial charge in [-0.05, 0) is 82.7 Å². The van der Waals surface area contributed by atoms with Gasteiger partial charge in [-0.25, -0.2) is 13.8 Å². The minimum Gasteiger partial charge on any atom is -0.348 e. The molecule has 0 spiro atoms. The number of carbonyl (C=O) groups is 1. The number of nitrogens with one attached hydrogen (secondary N) is 2. The number of amides is 1. The van der Waals surface area contributed by atoms with E-state index in [4.69, 9.17) is 0 Å². The van der Waals surface area contributed by atoms with E-state index in [1.165, 1.54) is 11.8 Å². The molecule has 39 heavy (non-hydrogen) atoms. The summed E-state index contributed by atoms with van der Waals surface area (Å²) in [7, 11) is 0. The van der Waals surface area contributed by atoms with Crippen LogP contribution in [-0.2, 0) is 6.54 Å². The molecule has 1 atom stereocenters. The highest BCUT2D eigenvalue weighted by atomic mass is 32.2. The summed E-state index contributed by atoms with van der Waals surface area (Å²) in [6.07, 6.45) is 7.77. The van der Waals surface area contributed by atoms with E-state index in [-0.39, 0.29) is 37.1 Å². The van der Waals surface area contributed by atoms with E-state index in [0.29, 0.717) is 23.0 Å². The number of halogens is 2. The molecule has 3 aromatic heterocycles. The average Bonchev–Trinajstić information content (AvgIpc) is 3.18. The molecule has 3 aromatic rings. The number of fused-ring (bicyclic) bond motifs is 1. The van der Waals surface area contributed by atoms with Gasteiger partial charge in [0.1, 0.15) is 5.65 Å². The molecule has 0 bridgehead atoms. The van der Waals surface area contributed by atoms with Crippen LogP contribution < -0.4 is 10.9 Å². The lowest BCUT2D eigenvalue weighted by Crippen LogP contribution is -2.57. The summed E-state index contributed by atoms with van der Waals surface area (Å²) < 4.78 is 28.6. The van der Waals surface area contributed by atoms with Crippen LogP contribution in [0.25, 0.3) is 11.0 Å². The molecule has 1 aliphatic carbocycles. The smallest absolute Gasteiger partial charge is 0.272 e. The minimum absolute atomic E-state index is 0.106. The van der Waals surface area contributed by atoms with Crippen molar-refractivity contribution in [1.29, 1.82) is 0 Å². The Labute approximate surface area is 231 Å². The van der Waals surface area contributed by atoms with E-state index in [0.717, 1.165) is 59.5 Å². The van der Waals surface area contributed by atoms with Gasteiger partial charge >= 0.3 is 0 Å². The number of carbonyl (C=O) groups excluding carboxylic acids is 1. The average molecular weight is 558 g/mol. The number of hydrogen-bond acceptors (Lipinski definition) is 5. The summed E-state index contributed by atoms with van der Waals surface area (Å²) >= 11 is 1.49. The van der Waals surface area contributed by atoms with E-state index in [2.05, 4.69) is 26.8 Å². The first-order chi connectivity index (χ1) is 18.6. The van der Waals surface area contributed by atoms with Crippen LogP contribution in [0.4, 0.5) is 8.78 Å². The second-order valence-corrected chi connectivity index (χ2v) is 12.1. The lowest BCUT2D eigenvalue weighted by molar-refractivity contribution is -0.135. The Morgan fingerprint density at radius 1 is 1.26 bits per heavy atom. The Morgan fingerprint density at radius 3 is 2.64 bits per heavy atom. The molecular weight excluding hydrogens is 520 g/mol. The zero-order chi connectivity index (χ0) is 27.9. The van der Waals surface area contributed by atoms with Crippen molar-refractivity contribution >= 4 is 28.7 Å². The SMILES string of the molecule is CSc1cc(C)[nH]c(=O)c1CNC(=O)c1c(C)n([C@H](C)C2CCC(CN3CC(F)(F)C3)CC2)c2ncccc12. The zero-order valence-electron chi connectivity index (χ0n) is 23.0. The summed E-state index contributed by atoms with van der Waals surface area (Å²) in [6.45, 7) is 6.69. The van der Waals surface area contributed by atoms with Gasteiger partial charge in [0.25, 0.3) is 17.4 Å². The molecule has 4 heterocycles. The highest BCUT2D eigenvalue weighted by Crippen LogP contribution is 2.40. The number of pyridine rings is 2. The van der Waals surface area contributed by atoms with Gasteiger partial charge in [0.15, 0.2) is 0 Å². The van der Waals surface area contributed by atoms with Crippen molar-refractivity contribution in [3.8, 4) is 0 Å². The summed E-state index contributed by atoms with van der Waals surface area (Å²) in [5.74, 6) is -1.86. The van der Waals surface area contributed by atoms with Crippen molar-refractivity contribution < 1.29 is 13.6 Å². The summed E-state index contributed by atoms with van der Waals surface area (Å²) in [5.41, 5.74) is 3.39. The fourth-order valence-electron chi connectivity index (χ4n) is 6.50. The van der Waals surface area contributed by atoms with Gasteiger partial charge in [-0.1, -0.05) is 0 Å². The van der Waals surface area contributed by atoms with Crippen molar-refractivity contribution in [2.75, 3.05) is 25.9 Å². The van der Waals surface area contributed by atoms with Crippen LogP contribution in [0.15, 0.2) is 34.1 Å². The number of alkyl halides is 2. The second-order valence-electron chi connectivity index (χ2n) is 11.3. The maximum Gasteiger partial charge on any atom is 0.272 e. The third kappa shape index (κ3) is 5.63. The predicted octanol–water partition coefficient (Wildman–Crippen LogP) is 5.31. The summed E-state index contributed by atoms with van der Waals surface area (Å²) in [6, 6.07) is 5.83. The molecule has 210 valence electrons. The van der Waals surface area contributed by atoms with E-state index in [1.54, 1.807) is 6.20 Å². The molecule has 2 fully saturated rings. The first-order valence-corrected chi connectivity index (χ1v) is 14.9. The highest BCUT2D eigenvalue weighted by molar-refractivity contribution is 7.98. The van der Waals surface area contributed by atoms with E-state index in [1.807, 2.05) is 43.2 Å². The largest absolute Gasteiger partial charge is 0.348 e. The van der Waals surface area contributed by atoms with Crippen LogP contribution >= 0.6 is 11.8 Å². The molecule has 1 amide bonds. The quantitative estimate of drug-likeness (QED) is 0.367. The normalized spacial score (nSPS) is 22.0. The van der Waals surface area contributed by atoms with E-state index >= 15 is 0 Å². The van der Waals surface area contributed by atoms with Gasteiger partial charge in [-0.2, -0.15) is 0 Å². The van der Waals surface area contributed by atoms with Gasteiger partial charge in [-0.3, -0.25) is 14.5 Å². The maximum atomic E-state index is 13.5. The number of aromatic amines is 1. The number of rotatable bonds is 8. The fraction of sp³-hybridized carbons (Fsp3) is 0.552. The molecule has 10 heteroatoms. The highest BCUT2D eigenvalue weighted by Gasteiger charge is 2.44. The Morgan fingerprint density at radius 2 is 1.97 bits per heavy atom. The van der Waals surface area contributed by atoms with Gasteiger partial charge in [0.05, 0.1) is 18.7 Å². The number of aromatic nitrogens is 3. The molecule has 0 aromatic carbocycles. The van der Waals surface area contributed by atoms with Crippen LogP contribution in [0.3, 0.4) is 0 Å². The van der Waals surface area contributed by atoms with Crippen LogP contribution in [0.1, 0.15) is 66.0 Å². The standard InChI is InChI=1S/C29H37F2N5O2S/c1-17-12-24(39-4)23(27(37)34-17)13-33-28(38)25-19(3)36(26-22(25)6-5-11-32-26)18(2)21-9-7-20(8-10-21)14-35-15-29(30,31)16-35/h5-6,11-12,18,20-21H,7-10,13-16H2,1-4H3,(H,33,38)(H,34,37)/t18-,20?,21?/m1/s1. The molecule has 7 nitrogen and oxygen atoms in total. The molecule has 1 saturated heterocycles. The number of likely N-dealkylation sites (tertiary alicyclic amines) is 1. The Balaban J connectivity index is 1.32. The van der Waals surface area contributed by atoms with Crippen molar-refractivity contribution in [1.82, 2.24) is 24.8 Å². The van der Waals surface area contributed by atoms with Gasteiger partial charge < -0.3 is 14.9 Å². The molecule has 1 aliphatic heterocycles. The monoisotopic (exact) mass is 557 g/mol. The van der Waals surface area contributed by atoms with E-state index < -0.39 is 5.92 Å². The molecule has 2 N–H and O–H groups in total. The number of H-pyrrole nitrogens is 1. The molecular formula is C29H37F2N5O2S. The van der Waals surface area contributed by atoms with Crippen molar-refractivity contribution in [3.05, 3.63) is 57.3 Å². The van der Waals surface area contributed by atoms with Gasteiger partial charge in [-0.15, -0.1) is 11.8 Å². The first-order valence-electron chi connectivity index (χ1n) is 13.7. The topological polar surface area (TPSA) is 83.0 Å². The maximum absolute atomic E-state index is 13.5. The summed E-state index contributed by atoms with van der Waals surface area (Å²) in [5, 5.41) is 3.78. The van der Waals surface area contributed by atoms with Crippen molar-refractivity contribution in [3.63, 3.8) is 0 Å². The molecule has 0 unspecified atom stereocenters. The van der Waals surface area contributed by atoms with Crippen LogP contribution in [-0.4, -0.2) is 57.2 Å². The predicted molar refractivity (Wildman–Crippen MR) is 151 cm³/mol. The third-order valence-corrected chi connectivity index (χ3v) is 9.32. The van der Waals surface area contributed by atoms with E-state index in [9.17, 15) is 18.4 Å². The summed E-state index contributed by atoms with van der Waals surface area (Å²) in [4.78, 5) is 36.3. The molecule has 5 rings (SSSR count). The number of aryl methyl sites for hydroxylation is 1. The number of hydrogen-bond donors (Lipinski definition) is 2. The first kappa shape index (κ1) is 27.8. The second kappa shape index (κ2) is 11.0. The van der Waals surface area contributed by atoms with Crippen molar-refractivity contribution in [2.45, 2.75) is 69.9 Å². The fourth-order valence-corrected chi connectivity index (χ4v) is 7.21. The van der Waals surface area contributed by atoms with Gasteiger partial charge in [0, 0.05) is 52.6 Å².